The van der Waals surface area contributed by atoms with E-state index in [1.807, 2.05) is 12.3 Å². The Kier molecular flexibility index (Phi) is 2.45. The summed E-state index contributed by atoms with van der Waals surface area (Å²) >= 11 is 5.81. The maximum atomic E-state index is 5.81. The Balaban J connectivity index is 2.09. The van der Waals surface area contributed by atoms with Gasteiger partial charge in [0.2, 0.25) is 0 Å². The van der Waals surface area contributed by atoms with Gasteiger partial charge in [0.05, 0.1) is 11.6 Å². The van der Waals surface area contributed by atoms with E-state index < -0.39 is 0 Å². The second-order valence-electron chi connectivity index (χ2n) is 2.94. The van der Waals surface area contributed by atoms with E-state index in [2.05, 4.69) is 15.3 Å². The maximum absolute atomic E-state index is 5.81. The molecule has 1 aliphatic rings. The molecule has 0 aliphatic carbocycles. The Bertz CT molecular complexity index is 335. The number of pyridine rings is 1. The van der Waals surface area contributed by atoms with Crippen LogP contribution in [0.2, 0.25) is 5.02 Å². The van der Waals surface area contributed by atoms with Crippen molar-refractivity contribution in [3.8, 4) is 0 Å². The van der Waals surface area contributed by atoms with Crippen molar-refractivity contribution in [3.63, 3.8) is 0 Å². The summed E-state index contributed by atoms with van der Waals surface area (Å²) in [5.74, 6) is 1.03. The number of nitrogens with one attached hydrogen (secondary N) is 1. The highest BCUT2D eigenvalue weighted by molar-refractivity contribution is 6.30. The summed E-state index contributed by atoms with van der Waals surface area (Å²) in [6.45, 7) is 1.83. The van der Waals surface area contributed by atoms with Crippen LogP contribution in [0.15, 0.2) is 23.5 Å². The van der Waals surface area contributed by atoms with E-state index in [9.17, 15) is 0 Å². The van der Waals surface area contributed by atoms with Crippen LogP contribution in [-0.4, -0.2) is 23.9 Å². The molecular weight excluding hydrogens is 186 g/mol. The highest BCUT2D eigenvalue weighted by Crippen LogP contribution is 2.09. The molecule has 0 bridgehead atoms. The molecule has 1 aromatic rings. The SMILES string of the molecule is Clc1cncc(CC2=NCCN2)c1. The molecule has 68 valence electrons. The average molecular weight is 196 g/mol. The van der Waals surface area contributed by atoms with Crippen molar-refractivity contribution in [2.24, 2.45) is 4.99 Å². The Morgan fingerprint density at radius 2 is 2.38 bits per heavy atom. The van der Waals surface area contributed by atoms with Crippen LogP contribution in [0, 0.1) is 0 Å². The van der Waals surface area contributed by atoms with Crippen molar-refractivity contribution in [1.29, 1.82) is 0 Å². The molecule has 0 radical (unpaired) electrons. The van der Waals surface area contributed by atoms with Gasteiger partial charge in [0.25, 0.3) is 0 Å². The highest BCUT2D eigenvalue weighted by Gasteiger charge is 2.05. The molecule has 1 N–H and O–H groups in total. The normalized spacial score (nSPS) is 15.3. The van der Waals surface area contributed by atoms with E-state index in [0.717, 1.165) is 30.9 Å². The summed E-state index contributed by atoms with van der Waals surface area (Å²) < 4.78 is 0. The fourth-order valence-electron chi connectivity index (χ4n) is 1.31. The van der Waals surface area contributed by atoms with Gasteiger partial charge in [-0.2, -0.15) is 0 Å². The van der Waals surface area contributed by atoms with Crippen LogP contribution >= 0.6 is 11.6 Å². The second kappa shape index (κ2) is 3.75. The number of nitrogens with zero attached hydrogens (tertiary/aromatic N) is 2. The summed E-state index contributed by atoms with van der Waals surface area (Å²) in [6.07, 6.45) is 4.25. The zero-order valence-electron chi connectivity index (χ0n) is 7.13. The average Bonchev–Trinajstić information content (AvgIpc) is 2.57. The van der Waals surface area contributed by atoms with Crippen LogP contribution in [0.3, 0.4) is 0 Å². The first kappa shape index (κ1) is 8.51. The zero-order valence-corrected chi connectivity index (χ0v) is 7.88. The maximum Gasteiger partial charge on any atom is 0.101 e. The van der Waals surface area contributed by atoms with Gasteiger partial charge in [-0.15, -0.1) is 0 Å². The predicted octanol–water partition coefficient (Wildman–Crippen LogP) is 1.28. The van der Waals surface area contributed by atoms with Gasteiger partial charge in [-0.1, -0.05) is 11.6 Å². The highest BCUT2D eigenvalue weighted by atomic mass is 35.5. The summed E-state index contributed by atoms with van der Waals surface area (Å²) in [5, 5.41) is 3.88. The van der Waals surface area contributed by atoms with Crippen LogP contribution < -0.4 is 5.32 Å². The lowest BCUT2D eigenvalue weighted by Crippen LogP contribution is -2.20. The monoisotopic (exact) mass is 195 g/mol. The number of halogens is 1. The van der Waals surface area contributed by atoms with Crippen LogP contribution in [0.1, 0.15) is 5.56 Å². The minimum atomic E-state index is 0.677. The van der Waals surface area contributed by atoms with E-state index in [0.29, 0.717) is 5.02 Å². The lowest BCUT2D eigenvalue weighted by Gasteiger charge is -2.01. The molecule has 0 fully saturated rings. The first-order valence-electron chi connectivity index (χ1n) is 4.21. The fourth-order valence-corrected chi connectivity index (χ4v) is 1.51. The molecule has 2 rings (SSSR count). The lowest BCUT2D eigenvalue weighted by atomic mass is 10.2. The van der Waals surface area contributed by atoms with Crippen LogP contribution in [0.25, 0.3) is 0 Å². The van der Waals surface area contributed by atoms with Gasteiger partial charge in [-0.25, -0.2) is 0 Å². The van der Waals surface area contributed by atoms with E-state index in [-0.39, 0.29) is 0 Å². The molecular formula is C9H10ClN3. The summed E-state index contributed by atoms with van der Waals surface area (Å²) in [4.78, 5) is 8.31. The zero-order chi connectivity index (χ0) is 9.10. The molecule has 0 saturated carbocycles. The van der Waals surface area contributed by atoms with Gasteiger partial charge in [-0.05, 0) is 11.6 Å². The molecule has 2 heterocycles. The molecule has 0 atom stereocenters. The fraction of sp³-hybridized carbons (Fsp3) is 0.333. The standard InChI is InChI=1S/C9H10ClN3/c10-8-3-7(5-11-6-8)4-9-12-1-2-13-9/h3,5-6H,1-2,4H2,(H,12,13). The van der Waals surface area contributed by atoms with Crippen molar-refractivity contribution < 1.29 is 0 Å². The molecule has 0 aromatic carbocycles. The van der Waals surface area contributed by atoms with Crippen molar-refractivity contribution >= 4 is 17.4 Å². The van der Waals surface area contributed by atoms with E-state index in [1.54, 1.807) is 6.20 Å². The van der Waals surface area contributed by atoms with Crippen molar-refractivity contribution in [3.05, 3.63) is 29.0 Å². The molecule has 1 aromatic heterocycles. The number of hydrogen-bond donors (Lipinski definition) is 1. The molecule has 13 heavy (non-hydrogen) atoms. The van der Waals surface area contributed by atoms with Crippen molar-refractivity contribution in [2.45, 2.75) is 6.42 Å². The Morgan fingerprint density at radius 3 is 3.08 bits per heavy atom. The summed E-state index contributed by atoms with van der Waals surface area (Å²) in [5.41, 5.74) is 1.10. The Labute approximate surface area is 81.9 Å². The predicted molar refractivity (Wildman–Crippen MR) is 53.3 cm³/mol. The first-order chi connectivity index (χ1) is 6.34. The molecule has 1 aliphatic heterocycles. The number of aliphatic imine (C=N–C) groups is 1. The number of hydrogen-bond acceptors (Lipinski definition) is 3. The van der Waals surface area contributed by atoms with Gasteiger partial charge in [0.15, 0.2) is 0 Å². The number of amidine groups is 1. The van der Waals surface area contributed by atoms with Crippen LogP contribution in [0.5, 0.6) is 0 Å². The van der Waals surface area contributed by atoms with E-state index in [4.69, 9.17) is 11.6 Å². The van der Waals surface area contributed by atoms with Gasteiger partial charge in [0.1, 0.15) is 5.84 Å². The first-order valence-corrected chi connectivity index (χ1v) is 4.59. The van der Waals surface area contributed by atoms with Gasteiger partial charge >= 0.3 is 0 Å². The molecule has 0 amide bonds. The Morgan fingerprint density at radius 1 is 1.46 bits per heavy atom. The Hall–Kier alpha value is -1.09. The lowest BCUT2D eigenvalue weighted by molar-refractivity contribution is 0.953. The molecule has 0 spiro atoms. The summed E-state index contributed by atoms with van der Waals surface area (Å²) in [6, 6.07) is 1.91. The molecule has 0 unspecified atom stereocenters. The smallest absolute Gasteiger partial charge is 0.101 e. The summed E-state index contributed by atoms with van der Waals surface area (Å²) in [7, 11) is 0. The van der Waals surface area contributed by atoms with E-state index in [1.165, 1.54) is 0 Å². The molecule has 0 saturated heterocycles. The van der Waals surface area contributed by atoms with Crippen LogP contribution in [0.4, 0.5) is 0 Å². The largest absolute Gasteiger partial charge is 0.372 e. The third kappa shape index (κ3) is 2.18. The van der Waals surface area contributed by atoms with Crippen molar-refractivity contribution in [2.75, 3.05) is 13.1 Å². The van der Waals surface area contributed by atoms with Gasteiger partial charge < -0.3 is 5.32 Å². The second-order valence-corrected chi connectivity index (χ2v) is 3.38. The third-order valence-corrected chi connectivity index (χ3v) is 2.08. The third-order valence-electron chi connectivity index (χ3n) is 1.88. The topological polar surface area (TPSA) is 37.3 Å². The molecule has 3 nitrogen and oxygen atoms in total. The van der Waals surface area contributed by atoms with Crippen LogP contribution in [-0.2, 0) is 6.42 Å². The minimum Gasteiger partial charge on any atom is -0.372 e. The number of aromatic nitrogens is 1. The van der Waals surface area contributed by atoms with Gasteiger partial charge in [0, 0.05) is 25.4 Å². The van der Waals surface area contributed by atoms with E-state index >= 15 is 0 Å². The minimum absolute atomic E-state index is 0.677. The number of rotatable bonds is 2. The quantitative estimate of drug-likeness (QED) is 0.772. The molecule has 4 heteroatoms. The van der Waals surface area contributed by atoms with Crippen molar-refractivity contribution in [1.82, 2.24) is 10.3 Å². The van der Waals surface area contributed by atoms with Gasteiger partial charge in [-0.3, -0.25) is 9.98 Å².